The summed E-state index contributed by atoms with van der Waals surface area (Å²) in [6.45, 7) is 4.30. The lowest BCUT2D eigenvalue weighted by molar-refractivity contribution is -0.137. The number of rotatable bonds is 15. The molecule has 31 heavy (non-hydrogen) atoms. The number of unbranched alkanes of at least 4 members (excludes halogenated alkanes) is 3. The zero-order valence-corrected chi connectivity index (χ0v) is 20.0. The van der Waals surface area contributed by atoms with E-state index >= 15 is 0 Å². The topological polar surface area (TPSA) is 74.6 Å². The van der Waals surface area contributed by atoms with Crippen molar-refractivity contribution in [2.75, 3.05) is 5.75 Å². The van der Waals surface area contributed by atoms with Gasteiger partial charge >= 0.3 is 5.97 Å². The van der Waals surface area contributed by atoms with Crippen LogP contribution in [-0.4, -0.2) is 39.1 Å². The van der Waals surface area contributed by atoms with Crippen LogP contribution in [0.2, 0.25) is 0 Å². The molecule has 1 aliphatic rings. The molecule has 0 radical (unpaired) electrons. The van der Waals surface area contributed by atoms with E-state index in [-0.39, 0.29) is 23.9 Å². The van der Waals surface area contributed by atoms with Gasteiger partial charge in [-0.05, 0) is 49.5 Å². The first kappa shape index (κ1) is 25.9. The summed E-state index contributed by atoms with van der Waals surface area (Å²) in [5.74, 6) is 0.437. The predicted molar refractivity (Wildman–Crippen MR) is 128 cm³/mol. The zero-order chi connectivity index (χ0) is 22.7. The Hall–Kier alpha value is -1.33. The molecule has 174 valence electrons. The van der Waals surface area contributed by atoms with Crippen molar-refractivity contribution in [3.05, 3.63) is 35.9 Å². The molecular weight excluding hydrogens is 408 g/mol. The minimum Gasteiger partial charge on any atom is -0.481 e. The maximum atomic E-state index is 12.4. The molecule has 1 fully saturated rings. The van der Waals surface area contributed by atoms with Crippen LogP contribution < -0.4 is 0 Å². The van der Waals surface area contributed by atoms with E-state index in [2.05, 4.69) is 38.1 Å². The number of aliphatic carboxylic acids is 1. The van der Waals surface area contributed by atoms with Crippen molar-refractivity contribution in [1.29, 1.82) is 0 Å². The maximum absolute atomic E-state index is 12.4. The average Bonchev–Trinajstić information content (AvgIpc) is 3.08. The van der Waals surface area contributed by atoms with E-state index in [1.54, 1.807) is 11.8 Å². The van der Waals surface area contributed by atoms with Crippen molar-refractivity contribution >= 4 is 23.5 Å². The quantitative estimate of drug-likeness (QED) is 0.327. The Morgan fingerprint density at radius 1 is 1.13 bits per heavy atom. The van der Waals surface area contributed by atoms with Gasteiger partial charge in [-0.3, -0.25) is 9.59 Å². The third-order valence-electron chi connectivity index (χ3n) is 6.69. The molecule has 0 bridgehead atoms. The minimum atomic E-state index is -0.732. The number of thioether (sulfide) groups is 1. The van der Waals surface area contributed by atoms with E-state index in [4.69, 9.17) is 5.11 Å². The maximum Gasteiger partial charge on any atom is 0.303 e. The fraction of sp³-hybridized carbons (Fsp3) is 0.692. The monoisotopic (exact) mass is 448 g/mol. The van der Waals surface area contributed by atoms with Gasteiger partial charge in [-0.2, -0.15) is 11.8 Å². The first-order valence-corrected chi connectivity index (χ1v) is 12.9. The van der Waals surface area contributed by atoms with Gasteiger partial charge in [-0.25, -0.2) is 0 Å². The molecular formula is C26H40O4S. The smallest absolute Gasteiger partial charge is 0.303 e. The van der Waals surface area contributed by atoms with Crippen LogP contribution in [0.5, 0.6) is 0 Å². The lowest BCUT2D eigenvalue weighted by Gasteiger charge is -2.31. The van der Waals surface area contributed by atoms with Crippen molar-refractivity contribution in [2.45, 2.75) is 95.8 Å². The highest BCUT2D eigenvalue weighted by molar-refractivity contribution is 8.00. The summed E-state index contributed by atoms with van der Waals surface area (Å²) < 4.78 is 0. The highest BCUT2D eigenvalue weighted by Crippen LogP contribution is 2.38. The van der Waals surface area contributed by atoms with Crippen molar-refractivity contribution in [3.63, 3.8) is 0 Å². The van der Waals surface area contributed by atoms with Crippen LogP contribution in [0.4, 0.5) is 0 Å². The summed E-state index contributed by atoms with van der Waals surface area (Å²) in [5.41, 5.74) is 1.21. The van der Waals surface area contributed by atoms with Crippen molar-refractivity contribution in [1.82, 2.24) is 0 Å². The van der Waals surface area contributed by atoms with E-state index in [9.17, 15) is 14.7 Å². The summed E-state index contributed by atoms with van der Waals surface area (Å²) in [5, 5.41) is 19.9. The highest BCUT2D eigenvalue weighted by atomic mass is 32.2. The molecule has 3 unspecified atom stereocenters. The molecule has 2 rings (SSSR count). The summed E-state index contributed by atoms with van der Waals surface area (Å²) in [4.78, 5) is 22.9. The number of carboxylic acids is 1. The van der Waals surface area contributed by atoms with Crippen molar-refractivity contribution < 1.29 is 19.8 Å². The number of hydrogen-bond donors (Lipinski definition) is 2. The predicted octanol–water partition coefficient (Wildman–Crippen LogP) is 5.90. The number of Topliss-reactive ketones (excluding diaryl/α,β-unsaturated/α-hetero) is 1. The first-order chi connectivity index (χ1) is 14.8. The molecule has 0 amide bonds. The Labute approximate surface area is 192 Å². The molecule has 3 atom stereocenters. The second-order valence-corrected chi connectivity index (χ2v) is 10.9. The standard InChI is InChI=1S/C26H40O4S/c1-26(2,18-10-13-20-11-6-5-7-12-20)24(28)19-31-23-17-16-22(27)21(23)14-8-3-4-9-15-25(29)30/h5-7,11-12,21,23-24,28H,3-4,8-10,13-19H2,1-2H3,(H,29,30). The molecule has 1 aromatic rings. The molecule has 1 aromatic carbocycles. The molecule has 0 heterocycles. The fourth-order valence-corrected chi connectivity index (χ4v) is 6.10. The second kappa shape index (κ2) is 13.3. The molecule has 1 aliphatic carbocycles. The van der Waals surface area contributed by atoms with E-state index in [1.807, 2.05) is 6.07 Å². The van der Waals surface area contributed by atoms with Gasteiger partial charge in [0, 0.05) is 29.8 Å². The van der Waals surface area contributed by atoms with Crippen LogP contribution in [-0.2, 0) is 16.0 Å². The van der Waals surface area contributed by atoms with Crippen LogP contribution in [0, 0.1) is 11.3 Å². The minimum absolute atomic E-state index is 0.109. The molecule has 4 nitrogen and oxygen atoms in total. The Balaban J connectivity index is 1.69. The normalized spacial score (nSPS) is 20.2. The van der Waals surface area contributed by atoms with Gasteiger partial charge in [0.1, 0.15) is 5.78 Å². The van der Waals surface area contributed by atoms with E-state index in [0.717, 1.165) is 57.8 Å². The number of carbonyl (C=O) groups excluding carboxylic acids is 1. The molecule has 5 heteroatoms. The zero-order valence-electron chi connectivity index (χ0n) is 19.2. The summed E-state index contributed by atoms with van der Waals surface area (Å²) in [7, 11) is 0. The Morgan fingerprint density at radius 3 is 2.55 bits per heavy atom. The molecule has 1 saturated carbocycles. The van der Waals surface area contributed by atoms with Crippen LogP contribution in [0.3, 0.4) is 0 Å². The Morgan fingerprint density at radius 2 is 1.84 bits per heavy atom. The van der Waals surface area contributed by atoms with Crippen LogP contribution in [0.25, 0.3) is 0 Å². The molecule has 2 N–H and O–H groups in total. The third kappa shape index (κ3) is 9.36. The summed E-state index contributed by atoms with van der Waals surface area (Å²) >= 11 is 1.78. The number of aryl methyl sites for hydroxylation is 1. The number of aliphatic hydroxyl groups is 1. The van der Waals surface area contributed by atoms with Gasteiger partial charge in [-0.1, -0.05) is 63.4 Å². The fourth-order valence-electron chi connectivity index (χ4n) is 4.42. The average molecular weight is 449 g/mol. The first-order valence-electron chi connectivity index (χ1n) is 11.9. The number of carboxylic acid groups (broad SMARTS) is 1. The largest absolute Gasteiger partial charge is 0.481 e. The number of ketones is 1. The van der Waals surface area contributed by atoms with Crippen molar-refractivity contribution in [2.24, 2.45) is 11.3 Å². The second-order valence-electron chi connectivity index (χ2n) is 9.67. The highest BCUT2D eigenvalue weighted by Gasteiger charge is 2.36. The number of carbonyl (C=O) groups is 2. The van der Waals surface area contributed by atoms with E-state index < -0.39 is 5.97 Å². The lowest BCUT2D eigenvalue weighted by Crippen LogP contribution is -2.32. The van der Waals surface area contributed by atoms with Crippen LogP contribution >= 0.6 is 11.8 Å². The number of hydrogen-bond acceptors (Lipinski definition) is 4. The molecule has 0 spiro atoms. The van der Waals surface area contributed by atoms with Gasteiger partial charge < -0.3 is 10.2 Å². The summed E-state index contributed by atoms with van der Waals surface area (Å²) in [6, 6.07) is 10.5. The molecule has 0 aliphatic heterocycles. The van der Waals surface area contributed by atoms with E-state index in [0.29, 0.717) is 23.2 Å². The SMILES string of the molecule is CC(C)(CCCc1ccccc1)C(O)CSC1CCC(=O)C1CCCCCCC(=O)O. The van der Waals surface area contributed by atoms with Gasteiger partial charge in [0.15, 0.2) is 0 Å². The van der Waals surface area contributed by atoms with Gasteiger partial charge in [0.2, 0.25) is 0 Å². The third-order valence-corrected chi connectivity index (χ3v) is 8.19. The Kier molecular flexibility index (Phi) is 11.1. The van der Waals surface area contributed by atoms with Crippen LogP contribution in [0.15, 0.2) is 30.3 Å². The van der Waals surface area contributed by atoms with Gasteiger partial charge in [0.05, 0.1) is 6.10 Å². The Bertz CT molecular complexity index is 673. The molecule has 0 aromatic heterocycles. The molecule has 0 saturated heterocycles. The van der Waals surface area contributed by atoms with Gasteiger partial charge in [-0.15, -0.1) is 0 Å². The lowest BCUT2D eigenvalue weighted by atomic mass is 9.82. The van der Waals surface area contributed by atoms with E-state index in [1.165, 1.54) is 5.56 Å². The van der Waals surface area contributed by atoms with Crippen molar-refractivity contribution in [3.8, 4) is 0 Å². The van der Waals surface area contributed by atoms with Crippen LogP contribution in [0.1, 0.15) is 83.6 Å². The number of benzene rings is 1. The summed E-state index contributed by atoms with van der Waals surface area (Å²) in [6.07, 6.45) is 9.05. The van der Waals surface area contributed by atoms with Gasteiger partial charge in [0.25, 0.3) is 0 Å². The number of aliphatic hydroxyl groups excluding tert-OH is 1.